The van der Waals surface area contributed by atoms with Crippen LogP contribution in [0.3, 0.4) is 0 Å². The Morgan fingerprint density at radius 1 is 1.26 bits per heavy atom. The van der Waals surface area contributed by atoms with Gasteiger partial charge in [-0.05, 0) is 42.7 Å². The highest BCUT2D eigenvalue weighted by atomic mass is 79.9. The molecule has 0 fully saturated rings. The van der Waals surface area contributed by atoms with Gasteiger partial charge in [0.05, 0.1) is 0 Å². The number of thioether (sulfide) groups is 1. The topological polar surface area (TPSA) is 46.5 Å². The summed E-state index contributed by atoms with van der Waals surface area (Å²) in [6.07, 6.45) is 1.97. The second-order valence-corrected chi connectivity index (χ2v) is 5.52. The zero-order valence-corrected chi connectivity index (χ0v) is 12.5. The Labute approximate surface area is 123 Å². The molecule has 5 heteroatoms. The van der Waals surface area contributed by atoms with Gasteiger partial charge in [0, 0.05) is 9.37 Å². The number of carbonyl (C=O) groups is 1. The van der Waals surface area contributed by atoms with Crippen molar-refractivity contribution in [1.82, 2.24) is 0 Å². The Bertz CT molecular complexity index is 613. The molecule has 3 nitrogen and oxygen atoms in total. The lowest BCUT2D eigenvalue weighted by molar-refractivity contribution is 0.0694. The normalized spacial score (nSPS) is 10.2. The van der Waals surface area contributed by atoms with Gasteiger partial charge in [0.1, 0.15) is 17.1 Å². The molecule has 2 aromatic rings. The summed E-state index contributed by atoms with van der Waals surface area (Å²) in [7, 11) is 0. The summed E-state index contributed by atoms with van der Waals surface area (Å²) in [6, 6.07) is 12.4. The molecule has 0 amide bonds. The lowest BCUT2D eigenvalue weighted by atomic mass is 10.2. The summed E-state index contributed by atoms with van der Waals surface area (Å²) in [5.74, 6) is -0.0667. The van der Waals surface area contributed by atoms with E-state index in [4.69, 9.17) is 9.84 Å². The minimum absolute atomic E-state index is 0.129. The molecule has 2 rings (SSSR count). The van der Waals surface area contributed by atoms with Crippen LogP contribution in [0.2, 0.25) is 0 Å². The fraction of sp³-hybridized carbons (Fsp3) is 0.0714. The van der Waals surface area contributed by atoms with Crippen molar-refractivity contribution in [3.8, 4) is 11.5 Å². The van der Waals surface area contributed by atoms with E-state index in [1.54, 1.807) is 30.0 Å². The lowest BCUT2D eigenvalue weighted by Gasteiger charge is -2.09. The Kier molecular flexibility index (Phi) is 4.50. The first-order valence-corrected chi connectivity index (χ1v) is 7.46. The van der Waals surface area contributed by atoms with E-state index in [9.17, 15) is 4.79 Å². The number of halogens is 1. The molecule has 19 heavy (non-hydrogen) atoms. The number of ether oxygens (including phenoxy) is 1. The molecule has 0 atom stereocenters. The van der Waals surface area contributed by atoms with Crippen LogP contribution in [0.25, 0.3) is 0 Å². The third-order valence-electron chi connectivity index (χ3n) is 2.44. The second kappa shape index (κ2) is 6.12. The predicted molar refractivity (Wildman–Crippen MR) is 79.4 cm³/mol. The summed E-state index contributed by atoms with van der Waals surface area (Å²) in [4.78, 5) is 12.2. The van der Waals surface area contributed by atoms with Crippen LogP contribution in [0, 0.1) is 0 Å². The molecule has 98 valence electrons. The Hall–Kier alpha value is -1.46. The zero-order chi connectivity index (χ0) is 13.8. The number of carboxylic acid groups (broad SMARTS) is 1. The SMILES string of the molecule is CSc1cccc(Oc2ccc(Br)cc2C(=O)O)c1. The zero-order valence-electron chi connectivity index (χ0n) is 10.1. The highest BCUT2D eigenvalue weighted by molar-refractivity contribution is 9.10. The van der Waals surface area contributed by atoms with Gasteiger partial charge in [0.25, 0.3) is 0 Å². The molecule has 0 aliphatic carbocycles. The molecular weight excluding hydrogens is 328 g/mol. The van der Waals surface area contributed by atoms with E-state index in [-0.39, 0.29) is 5.56 Å². The quantitative estimate of drug-likeness (QED) is 0.823. The highest BCUT2D eigenvalue weighted by Gasteiger charge is 2.12. The van der Waals surface area contributed by atoms with Crippen molar-refractivity contribution in [3.63, 3.8) is 0 Å². The molecule has 2 aromatic carbocycles. The third kappa shape index (κ3) is 3.52. The minimum Gasteiger partial charge on any atom is -0.478 e. The molecule has 0 bridgehead atoms. The summed E-state index contributed by atoms with van der Waals surface area (Å²) in [6.45, 7) is 0. The number of carboxylic acids is 1. The lowest BCUT2D eigenvalue weighted by Crippen LogP contribution is -2.00. The molecule has 0 heterocycles. The average molecular weight is 339 g/mol. The van der Waals surface area contributed by atoms with E-state index >= 15 is 0 Å². The molecule has 0 radical (unpaired) electrons. The van der Waals surface area contributed by atoms with E-state index in [0.29, 0.717) is 16.0 Å². The molecule has 0 unspecified atom stereocenters. The number of aromatic carboxylic acids is 1. The first kappa shape index (κ1) is 14.0. The van der Waals surface area contributed by atoms with Gasteiger partial charge in [0.15, 0.2) is 0 Å². The van der Waals surface area contributed by atoms with Gasteiger partial charge in [-0.25, -0.2) is 4.79 Å². The van der Waals surface area contributed by atoms with Crippen molar-refractivity contribution in [3.05, 3.63) is 52.5 Å². The van der Waals surface area contributed by atoms with Crippen molar-refractivity contribution in [1.29, 1.82) is 0 Å². The summed E-state index contributed by atoms with van der Waals surface area (Å²) in [5, 5.41) is 9.16. The summed E-state index contributed by atoms with van der Waals surface area (Å²) >= 11 is 4.85. The first-order valence-electron chi connectivity index (χ1n) is 5.45. The highest BCUT2D eigenvalue weighted by Crippen LogP contribution is 2.30. The summed E-state index contributed by atoms with van der Waals surface area (Å²) in [5.41, 5.74) is 0.129. The van der Waals surface area contributed by atoms with Crippen molar-refractivity contribution in [2.45, 2.75) is 4.90 Å². The van der Waals surface area contributed by atoms with Crippen LogP contribution in [0.15, 0.2) is 51.8 Å². The Morgan fingerprint density at radius 2 is 2.05 bits per heavy atom. The first-order chi connectivity index (χ1) is 9.10. The van der Waals surface area contributed by atoms with E-state index in [0.717, 1.165) is 4.90 Å². The molecule has 0 aliphatic heterocycles. The van der Waals surface area contributed by atoms with E-state index < -0.39 is 5.97 Å². The molecule has 0 saturated carbocycles. The smallest absolute Gasteiger partial charge is 0.339 e. The maximum atomic E-state index is 11.2. The number of benzene rings is 2. The standard InChI is InChI=1S/C14H11BrO3S/c1-19-11-4-2-3-10(8-11)18-13-6-5-9(15)7-12(13)14(16)17/h2-8H,1H3,(H,16,17). The molecule has 0 aromatic heterocycles. The molecule has 1 N–H and O–H groups in total. The van der Waals surface area contributed by atoms with Crippen molar-refractivity contribution < 1.29 is 14.6 Å². The van der Waals surface area contributed by atoms with Crippen LogP contribution < -0.4 is 4.74 Å². The van der Waals surface area contributed by atoms with Crippen LogP contribution in [-0.4, -0.2) is 17.3 Å². The Balaban J connectivity index is 2.34. The van der Waals surface area contributed by atoms with Crippen LogP contribution in [0.4, 0.5) is 0 Å². The van der Waals surface area contributed by atoms with Gasteiger partial charge < -0.3 is 9.84 Å². The van der Waals surface area contributed by atoms with Crippen molar-refractivity contribution in [2.75, 3.05) is 6.26 Å². The molecule has 0 aliphatic rings. The average Bonchev–Trinajstić information content (AvgIpc) is 2.41. The van der Waals surface area contributed by atoms with Crippen LogP contribution in [0.1, 0.15) is 10.4 Å². The largest absolute Gasteiger partial charge is 0.478 e. The van der Waals surface area contributed by atoms with Crippen molar-refractivity contribution >= 4 is 33.7 Å². The number of hydrogen-bond donors (Lipinski definition) is 1. The van der Waals surface area contributed by atoms with Gasteiger partial charge in [-0.3, -0.25) is 0 Å². The third-order valence-corrected chi connectivity index (χ3v) is 3.66. The van der Waals surface area contributed by atoms with Gasteiger partial charge in [-0.1, -0.05) is 22.0 Å². The van der Waals surface area contributed by atoms with Gasteiger partial charge >= 0.3 is 5.97 Å². The molecule has 0 spiro atoms. The van der Waals surface area contributed by atoms with Gasteiger partial charge in [-0.15, -0.1) is 11.8 Å². The van der Waals surface area contributed by atoms with Gasteiger partial charge in [0.2, 0.25) is 0 Å². The van der Waals surface area contributed by atoms with Gasteiger partial charge in [-0.2, -0.15) is 0 Å². The summed E-state index contributed by atoms with van der Waals surface area (Å²) < 4.78 is 6.36. The van der Waals surface area contributed by atoms with E-state index in [2.05, 4.69) is 15.9 Å². The van der Waals surface area contributed by atoms with Crippen LogP contribution in [0.5, 0.6) is 11.5 Å². The second-order valence-electron chi connectivity index (χ2n) is 3.73. The fourth-order valence-electron chi connectivity index (χ4n) is 1.55. The number of rotatable bonds is 4. The predicted octanol–water partition coefficient (Wildman–Crippen LogP) is 4.66. The molecular formula is C14H11BrO3S. The monoisotopic (exact) mass is 338 g/mol. The van der Waals surface area contributed by atoms with Crippen LogP contribution >= 0.6 is 27.7 Å². The molecule has 0 saturated heterocycles. The minimum atomic E-state index is -1.02. The fourth-order valence-corrected chi connectivity index (χ4v) is 2.36. The maximum absolute atomic E-state index is 11.2. The number of hydrogen-bond acceptors (Lipinski definition) is 3. The van der Waals surface area contributed by atoms with Crippen molar-refractivity contribution in [2.24, 2.45) is 0 Å². The van der Waals surface area contributed by atoms with E-state index in [1.807, 2.05) is 24.5 Å². The Morgan fingerprint density at radius 3 is 2.74 bits per heavy atom. The van der Waals surface area contributed by atoms with E-state index in [1.165, 1.54) is 6.07 Å². The maximum Gasteiger partial charge on any atom is 0.339 e. The van der Waals surface area contributed by atoms with Crippen LogP contribution in [-0.2, 0) is 0 Å².